The van der Waals surface area contributed by atoms with E-state index in [0.717, 1.165) is 43.0 Å². The Balaban J connectivity index is 2.05. The third kappa shape index (κ3) is 3.76. The van der Waals surface area contributed by atoms with Crippen molar-refractivity contribution in [3.05, 3.63) is 35.4 Å². The third-order valence-electron chi connectivity index (χ3n) is 4.33. The van der Waals surface area contributed by atoms with Crippen LogP contribution < -0.4 is 0 Å². The van der Waals surface area contributed by atoms with Gasteiger partial charge in [-0.3, -0.25) is 4.79 Å². The number of rotatable bonds is 3. The van der Waals surface area contributed by atoms with Gasteiger partial charge in [0.1, 0.15) is 0 Å². The van der Waals surface area contributed by atoms with E-state index in [1.807, 2.05) is 29.2 Å². The molecule has 1 unspecified atom stereocenters. The fourth-order valence-electron chi connectivity index (χ4n) is 2.96. The Morgan fingerprint density at radius 1 is 1.35 bits per heavy atom. The molecule has 0 bridgehead atoms. The second-order valence-corrected chi connectivity index (χ2v) is 6.33. The van der Waals surface area contributed by atoms with Crippen LogP contribution in [0.25, 0.3) is 0 Å². The molecule has 20 heavy (non-hydrogen) atoms. The molecule has 0 N–H and O–H groups in total. The van der Waals surface area contributed by atoms with Crippen LogP contribution in [0.3, 0.4) is 0 Å². The van der Waals surface area contributed by atoms with Crippen molar-refractivity contribution in [2.45, 2.75) is 39.0 Å². The summed E-state index contributed by atoms with van der Waals surface area (Å²) in [6.07, 6.45) is 3.48. The van der Waals surface area contributed by atoms with Crippen LogP contribution in [0.15, 0.2) is 24.3 Å². The number of hydrogen-bond acceptors (Lipinski definition) is 1. The monoisotopic (exact) mass is 293 g/mol. The van der Waals surface area contributed by atoms with E-state index < -0.39 is 0 Å². The minimum Gasteiger partial charge on any atom is -0.339 e. The summed E-state index contributed by atoms with van der Waals surface area (Å²) in [7, 11) is 0. The van der Waals surface area contributed by atoms with Gasteiger partial charge in [0.05, 0.1) is 0 Å². The number of halogens is 1. The Hall–Kier alpha value is -1.02. The molecular weight excluding hydrogens is 270 g/mol. The van der Waals surface area contributed by atoms with E-state index in [-0.39, 0.29) is 5.91 Å². The van der Waals surface area contributed by atoms with Crippen molar-refractivity contribution in [2.75, 3.05) is 13.1 Å². The summed E-state index contributed by atoms with van der Waals surface area (Å²) >= 11 is 5.84. The van der Waals surface area contributed by atoms with E-state index >= 15 is 0 Å². The number of amides is 1. The number of carbonyl (C=O) groups is 1. The van der Waals surface area contributed by atoms with Gasteiger partial charge in [-0.25, -0.2) is 0 Å². The average Bonchev–Trinajstić information content (AvgIpc) is 2.72. The van der Waals surface area contributed by atoms with Crippen molar-refractivity contribution < 1.29 is 4.79 Å². The molecule has 1 atom stereocenters. The number of benzene rings is 1. The maximum atomic E-state index is 12.6. The van der Waals surface area contributed by atoms with Crippen LogP contribution in [0.5, 0.6) is 0 Å². The van der Waals surface area contributed by atoms with Crippen molar-refractivity contribution in [1.29, 1.82) is 0 Å². The van der Waals surface area contributed by atoms with Crippen LogP contribution in [0.4, 0.5) is 0 Å². The first-order chi connectivity index (χ1) is 9.61. The molecule has 0 spiro atoms. The van der Waals surface area contributed by atoms with Crippen LogP contribution >= 0.6 is 11.6 Å². The van der Waals surface area contributed by atoms with Crippen molar-refractivity contribution >= 4 is 17.5 Å². The van der Waals surface area contributed by atoms with Gasteiger partial charge in [-0.15, -0.1) is 11.6 Å². The molecule has 110 valence electrons. The summed E-state index contributed by atoms with van der Waals surface area (Å²) in [5.74, 6) is 2.07. The van der Waals surface area contributed by atoms with Gasteiger partial charge in [0.15, 0.2) is 0 Å². The van der Waals surface area contributed by atoms with Gasteiger partial charge < -0.3 is 4.90 Å². The molecule has 0 aromatic heterocycles. The first-order valence-electron chi connectivity index (χ1n) is 7.56. The summed E-state index contributed by atoms with van der Waals surface area (Å²) in [5, 5.41) is 0. The molecule has 1 fully saturated rings. The summed E-state index contributed by atoms with van der Waals surface area (Å²) in [4.78, 5) is 14.6. The highest BCUT2D eigenvalue weighted by Crippen LogP contribution is 2.25. The second kappa shape index (κ2) is 7.12. The smallest absolute Gasteiger partial charge is 0.253 e. The lowest BCUT2D eigenvalue weighted by atomic mass is 9.89. The highest BCUT2D eigenvalue weighted by molar-refractivity contribution is 6.17. The number of likely N-dealkylation sites (tertiary alicyclic amines) is 1. The zero-order chi connectivity index (χ0) is 14.5. The van der Waals surface area contributed by atoms with Crippen LogP contribution in [-0.4, -0.2) is 23.9 Å². The van der Waals surface area contributed by atoms with E-state index in [9.17, 15) is 4.79 Å². The average molecular weight is 294 g/mol. The minimum atomic E-state index is 0.154. The molecular formula is C17H24ClNO. The Kier molecular flexibility index (Phi) is 5.47. The summed E-state index contributed by atoms with van der Waals surface area (Å²) in [6.45, 7) is 6.33. The molecule has 0 radical (unpaired) electrons. The molecule has 1 aliphatic heterocycles. The lowest BCUT2D eigenvalue weighted by Gasteiger charge is -2.22. The van der Waals surface area contributed by atoms with Gasteiger partial charge in [0.25, 0.3) is 5.91 Å². The summed E-state index contributed by atoms with van der Waals surface area (Å²) < 4.78 is 0. The lowest BCUT2D eigenvalue weighted by Crippen LogP contribution is -2.32. The number of nitrogens with zero attached hydrogens (tertiary/aromatic N) is 1. The molecule has 3 heteroatoms. The first-order valence-corrected chi connectivity index (χ1v) is 8.09. The second-order valence-electron chi connectivity index (χ2n) is 6.06. The normalized spacial score (nSPS) is 20.0. The van der Waals surface area contributed by atoms with E-state index in [1.165, 1.54) is 6.42 Å². The molecule has 1 aromatic rings. The van der Waals surface area contributed by atoms with Crippen molar-refractivity contribution in [3.8, 4) is 0 Å². The van der Waals surface area contributed by atoms with Crippen molar-refractivity contribution in [3.63, 3.8) is 0 Å². The quantitative estimate of drug-likeness (QED) is 0.760. The topological polar surface area (TPSA) is 20.3 Å². The van der Waals surface area contributed by atoms with Gasteiger partial charge in [-0.05, 0) is 48.8 Å². The highest BCUT2D eigenvalue weighted by Gasteiger charge is 2.23. The Labute approximate surface area is 127 Å². The zero-order valence-electron chi connectivity index (χ0n) is 12.4. The molecule has 1 heterocycles. The predicted molar refractivity (Wildman–Crippen MR) is 84.1 cm³/mol. The zero-order valence-corrected chi connectivity index (χ0v) is 13.2. The van der Waals surface area contributed by atoms with Gasteiger partial charge in [0, 0.05) is 24.5 Å². The number of hydrogen-bond donors (Lipinski definition) is 0. The number of alkyl halides is 1. The molecule has 2 rings (SSSR count). The van der Waals surface area contributed by atoms with Gasteiger partial charge in [0.2, 0.25) is 0 Å². The Bertz CT molecular complexity index is 458. The SMILES string of the molecule is CC(C)C1CCCN(C(=O)c2cccc(CCl)c2)CC1. The van der Waals surface area contributed by atoms with Gasteiger partial charge in [-0.1, -0.05) is 26.0 Å². The largest absolute Gasteiger partial charge is 0.339 e. The van der Waals surface area contributed by atoms with Gasteiger partial charge >= 0.3 is 0 Å². The fourth-order valence-corrected chi connectivity index (χ4v) is 3.13. The van der Waals surface area contributed by atoms with Crippen LogP contribution in [-0.2, 0) is 5.88 Å². The molecule has 0 aliphatic carbocycles. The molecule has 2 nitrogen and oxygen atoms in total. The van der Waals surface area contributed by atoms with E-state index in [4.69, 9.17) is 11.6 Å². The molecule has 1 aromatic carbocycles. The summed E-state index contributed by atoms with van der Waals surface area (Å²) in [5.41, 5.74) is 1.78. The van der Waals surface area contributed by atoms with E-state index in [1.54, 1.807) is 0 Å². The van der Waals surface area contributed by atoms with Crippen LogP contribution in [0.2, 0.25) is 0 Å². The predicted octanol–water partition coefficient (Wildman–Crippen LogP) is 4.32. The standard InChI is InChI=1S/C17H24ClNO/c1-13(2)15-7-4-9-19(10-8-15)17(20)16-6-3-5-14(11-16)12-18/h3,5-6,11,13,15H,4,7-10,12H2,1-2H3. The Morgan fingerprint density at radius 2 is 2.15 bits per heavy atom. The summed E-state index contributed by atoms with van der Waals surface area (Å²) in [6, 6.07) is 7.68. The molecule has 1 saturated heterocycles. The maximum absolute atomic E-state index is 12.6. The first kappa shape index (κ1) is 15.4. The fraction of sp³-hybridized carbons (Fsp3) is 0.588. The number of carbonyl (C=O) groups excluding carboxylic acids is 1. The molecule has 0 saturated carbocycles. The van der Waals surface area contributed by atoms with Crippen LogP contribution in [0.1, 0.15) is 49.0 Å². The third-order valence-corrected chi connectivity index (χ3v) is 4.64. The maximum Gasteiger partial charge on any atom is 0.253 e. The highest BCUT2D eigenvalue weighted by atomic mass is 35.5. The minimum absolute atomic E-state index is 0.154. The van der Waals surface area contributed by atoms with Gasteiger partial charge in [-0.2, -0.15) is 0 Å². The van der Waals surface area contributed by atoms with E-state index in [2.05, 4.69) is 13.8 Å². The van der Waals surface area contributed by atoms with Crippen molar-refractivity contribution in [2.24, 2.45) is 11.8 Å². The lowest BCUT2D eigenvalue weighted by molar-refractivity contribution is 0.0758. The van der Waals surface area contributed by atoms with Crippen molar-refractivity contribution in [1.82, 2.24) is 4.90 Å². The molecule has 1 aliphatic rings. The molecule has 1 amide bonds. The Morgan fingerprint density at radius 3 is 2.85 bits per heavy atom. The van der Waals surface area contributed by atoms with Crippen LogP contribution in [0, 0.1) is 11.8 Å². The van der Waals surface area contributed by atoms with E-state index in [0.29, 0.717) is 11.8 Å².